The Bertz CT molecular complexity index is 1320. The molecule has 6 rings (SSSR count). The van der Waals surface area contributed by atoms with Crippen molar-refractivity contribution in [2.45, 2.75) is 6.54 Å². The molecule has 1 aliphatic heterocycles. The van der Waals surface area contributed by atoms with Crippen LogP contribution < -0.4 is 5.32 Å². The van der Waals surface area contributed by atoms with Crippen LogP contribution in [0.3, 0.4) is 0 Å². The highest BCUT2D eigenvalue weighted by atomic mass is 16.4. The molecule has 4 heterocycles. The van der Waals surface area contributed by atoms with Crippen LogP contribution in [0.1, 0.15) is 5.76 Å². The Morgan fingerprint density at radius 2 is 1.90 bits per heavy atom. The molecule has 3 N–H and O–H groups in total. The molecule has 0 bridgehead atoms. The van der Waals surface area contributed by atoms with Gasteiger partial charge in [0.1, 0.15) is 5.76 Å². The van der Waals surface area contributed by atoms with E-state index in [0.29, 0.717) is 5.89 Å². The van der Waals surface area contributed by atoms with Crippen molar-refractivity contribution in [3.8, 4) is 22.6 Å². The first kappa shape index (κ1) is 17.4. The van der Waals surface area contributed by atoms with Crippen LogP contribution in [-0.4, -0.2) is 51.2 Å². The molecule has 1 saturated heterocycles. The van der Waals surface area contributed by atoms with E-state index in [1.807, 2.05) is 18.6 Å². The van der Waals surface area contributed by atoms with Gasteiger partial charge < -0.3 is 14.7 Å². The van der Waals surface area contributed by atoms with Crippen LogP contribution in [0.2, 0.25) is 0 Å². The summed E-state index contributed by atoms with van der Waals surface area (Å²) >= 11 is 0. The van der Waals surface area contributed by atoms with E-state index < -0.39 is 0 Å². The van der Waals surface area contributed by atoms with Crippen LogP contribution in [0.25, 0.3) is 44.4 Å². The van der Waals surface area contributed by atoms with Gasteiger partial charge in [-0.05, 0) is 35.4 Å². The molecule has 0 amide bonds. The molecule has 0 spiro atoms. The van der Waals surface area contributed by atoms with E-state index in [2.05, 4.69) is 66.8 Å². The number of aromatic nitrogens is 4. The van der Waals surface area contributed by atoms with Crippen molar-refractivity contribution >= 4 is 21.8 Å². The van der Waals surface area contributed by atoms with Gasteiger partial charge in [-0.25, -0.2) is 4.98 Å². The normalized spacial score (nSPS) is 15.3. The van der Waals surface area contributed by atoms with Crippen molar-refractivity contribution in [3.05, 3.63) is 60.7 Å². The maximum atomic E-state index is 6.19. The average Bonchev–Trinajstić information content (AvgIpc) is 3.53. The summed E-state index contributed by atoms with van der Waals surface area (Å²) in [7, 11) is 0. The third kappa shape index (κ3) is 2.99. The molecule has 0 unspecified atom stereocenters. The first-order valence-corrected chi connectivity index (χ1v) is 10.3. The van der Waals surface area contributed by atoms with Crippen LogP contribution in [0.4, 0.5) is 0 Å². The Kier molecular flexibility index (Phi) is 4.14. The summed E-state index contributed by atoms with van der Waals surface area (Å²) in [6.07, 6.45) is 5.66. The smallest absolute Gasteiger partial charge is 0.227 e. The van der Waals surface area contributed by atoms with Gasteiger partial charge in [0.25, 0.3) is 0 Å². The Hall–Kier alpha value is -3.42. The molecule has 0 aliphatic carbocycles. The molecule has 0 saturated carbocycles. The molecule has 2 aromatic carbocycles. The summed E-state index contributed by atoms with van der Waals surface area (Å²) < 4.78 is 6.19. The molecule has 150 valence electrons. The van der Waals surface area contributed by atoms with Gasteiger partial charge in [-0.2, -0.15) is 5.10 Å². The zero-order valence-corrected chi connectivity index (χ0v) is 16.5. The van der Waals surface area contributed by atoms with E-state index in [1.54, 1.807) is 0 Å². The minimum Gasteiger partial charge on any atom is -0.440 e. The number of H-pyrrole nitrogens is 2. The quantitative estimate of drug-likeness (QED) is 0.429. The molecule has 30 heavy (non-hydrogen) atoms. The zero-order chi connectivity index (χ0) is 19.9. The van der Waals surface area contributed by atoms with Gasteiger partial charge in [-0.3, -0.25) is 10.00 Å². The van der Waals surface area contributed by atoms with E-state index in [1.165, 1.54) is 10.9 Å². The van der Waals surface area contributed by atoms with Gasteiger partial charge in [0.05, 0.1) is 24.5 Å². The number of nitrogens with zero attached hydrogens (tertiary/aromatic N) is 3. The van der Waals surface area contributed by atoms with Crippen molar-refractivity contribution < 1.29 is 4.42 Å². The number of piperazine rings is 1. The molecule has 0 atom stereocenters. The van der Waals surface area contributed by atoms with Crippen molar-refractivity contribution in [1.29, 1.82) is 0 Å². The summed E-state index contributed by atoms with van der Waals surface area (Å²) in [6.45, 7) is 4.87. The van der Waals surface area contributed by atoms with Crippen molar-refractivity contribution in [2.75, 3.05) is 26.2 Å². The lowest BCUT2D eigenvalue weighted by Crippen LogP contribution is -2.42. The topological polar surface area (TPSA) is 85.8 Å². The Morgan fingerprint density at radius 1 is 0.967 bits per heavy atom. The first-order chi connectivity index (χ1) is 14.8. The lowest BCUT2D eigenvalue weighted by Gasteiger charge is -2.25. The van der Waals surface area contributed by atoms with Crippen molar-refractivity contribution in [3.63, 3.8) is 0 Å². The zero-order valence-electron chi connectivity index (χ0n) is 16.5. The van der Waals surface area contributed by atoms with E-state index >= 15 is 0 Å². The number of aromatic amines is 2. The standard InChI is InChI=1S/C23H22N6O/c1-2-17(18-4-5-25-21(18)3-1)15-10-19(20-13-27-28-22(20)11-15)23-26-12-16(30-23)14-29-8-6-24-7-9-29/h1-5,10-13,24-25H,6-9,14H2,(H,27,28). The lowest BCUT2D eigenvalue weighted by atomic mass is 9.98. The van der Waals surface area contributed by atoms with Crippen LogP contribution >= 0.6 is 0 Å². The second-order valence-corrected chi connectivity index (χ2v) is 7.76. The molecule has 7 heteroatoms. The Balaban J connectivity index is 1.43. The largest absolute Gasteiger partial charge is 0.440 e. The molecule has 1 fully saturated rings. The number of oxazole rings is 1. The van der Waals surface area contributed by atoms with Gasteiger partial charge in [0.2, 0.25) is 5.89 Å². The lowest BCUT2D eigenvalue weighted by molar-refractivity contribution is 0.217. The summed E-state index contributed by atoms with van der Waals surface area (Å²) in [4.78, 5) is 10.3. The third-order valence-corrected chi connectivity index (χ3v) is 5.84. The molecule has 7 nitrogen and oxygen atoms in total. The minimum absolute atomic E-state index is 0.634. The summed E-state index contributed by atoms with van der Waals surface area (Å²) in [5.74, 6) is 1.52. The number of hydrogen-bond donors (Lipinski definition) is 3. The first-order valence-electron chi connectivity index (χ1n) is 10.3. The second kappa shape index (κ2) is 7.12. The van der Waals surface area contributed by atoms with Crippen LogP contribution in [0, 0.1) is 0 Å². The number of fused-ring (bicyclic) bond motifs is 2. The maximum absolute atomic E-state index is 6.19. The molecule has 3 aromatic heterocycles. The van der Waals surface area contributed by atoms with Gasteiger partial charge in [0, 0.05) is 54.2 Å². The molecule has 5 aromatic rings. The second-order valence-electron chi connectivity index (χ2n) is 7.76. The van der Waals surface area contributed by atoms with E-state index in [4.69, 9.17) is 4.42 Å². The maximum Gasteiger partial charge on any atom is 0.227 e. The predicted octanol–water partition coefficient (Wildman–Crippen LogP) is 3.77. The fraction of sp³-hybridized carbons (Fsp3) is 0.217. The van der Waals surface area contributed by atoms with Crippen molar-refractivity contribution in [2.24, 2.45) is 0 Å². The molecule has 0 radical (unpaired) electrons. The third-order valence-electron chi connectivity index (χ3n) is 5.84. The van der Waals surface area contributed by atoms with Gasteiger partial charge >= 0.3 is 0 Å². The summed E-state index contributed by atoms with van der Waals surface area (Å²) in [5.41, 5.74) is 5.31. The molecular weight excluding hydrogens is 376 g/mol. The fourth-order valence-corrected chi connectivity index (χ4v) is 4.32. The minimum atomic E-state index is 0.634. The SMILES string of the molecule is c1cc(-c2cc(-c3ncc(CN4CCNCC4)o3)c3cn[nH]c3c2)c2cc[nH]c2c1. The van der Waals surface area contributed by atoms with Gasteiger partial charge in [0.15, 0.2) is 0 Å². The fourth-order valence-electron chi connectivity index (χ4n) is 4.32. The van der Waals surface area contributed by atoms with Crippen LogP contribution in [0.15, 0.2) is 59.4 Å². The summed E-state index contributed by atoms with van der Waals surface area (Å²) in [5, 5.41) is 13.0. The average molecular weight is 398 g/mol. The van der Waals surface area contributed by atoms with Crippen molar-refractivity contribution in [1.82, 2.24) is 30.4 Å². The Labute approximate surface area is 173 Å². The number of rotatable bonds is 4. The van der Waals surface area contributed by atoms with Crippen LogP contribution in [0.5, 0.6) is 0 Å². The monoisotopic (exact) mass is 398 g/mol. The highest BCUT2D eigenvalue weighted by Crippen LogP contribution is 2.35. The number of nitrogens with one attached hydrogen (secondary N) is 3. The summed E-state index contributed by atoms with van der Waals surface area (Å²) in [6, 6.07) is 12.7. The molecular formula is C23H22N6O. The highest BCUT2D eigenvalue weighted by Gasteiger charge is 2.17. The van der Waals surface area contributed by atoms with Gasteiger partial charge in [-0.15, -0.1) is 0 Å². The van der Waals surface area contributed by atoms with E-state index in [9.17, 15) is 0 Å². The number of benzene rings is 2. The molecule has 1 aliphatic rings. The van der Waals surface area contributed by atoms with Crippen LogP contribution in [-0.2, 0) is 6.54 Å². The van der Waals surface area contributed by atoms with E-state index in [0.717, 1.165) is 66.0 Å². The van der Waals surface area contributed by atoms with E-state index in [-0.39, 0.29) is 0 Å². The highest BCUT2D eigenvalue weighted by molar-refractivity contribution is 6.01. The van der Waals surface area contributed by atoms with Gasteiger partial charge in [-0.1, -0.05) is 12.1 Å². The predicted molar refractivity (Wildman–Crippen MR) is 117 cm³/mol. The Morgan fingerprint density at radius 3 is 2.83 bits per heavy atom. The number of hydrogen-bond acceptors (Lipinski definition) is 5.